The highest BCUT2D eigenvalue weighted by atomic mass is 16.4. The summed E-state index contributed by atoms with van der Waals surface area (Å²) in [6, 6.07) is 25.7. The van der Waals surface area contributed by atoms with E-state index >= 15 is 0 Å². The quantitative estimate of drug-likeness (QED) is 0.425. The van der Waals surface area contributed by atoms with Crippen molar-refractivity contribution in [3.05, 3.63) is 84.4 Å². The molecule has 1 amide bonds. The first kappa shape index (κ1) is 17.5. The Bertz CT molecular complexity index is 1060. The number of amides is 1. The number of benzene rings is 3. The van der Waals surface area contributed by atoms with E-state index in [1.165, 1.54) is 0 Å². The lowest BCUT2D eigenvalue weighted by molar-refractivity contribution is 0.209. The molecule has 0 spiro atoms. The van der Waals surface area contributed by atoms with Crippen molar-refractivity contribution in [2.24, 2.45) is 0 Å². The molecule has 0 aliphatic rings. The maximum absolute atomic E-state index is 10.9. The Morgan fingerprint density at radius 1 is 0.893 bits per heavy atom. The molecule has 5 nitrogen and oxygen atoms in total. The third-order valence-corrected chi connectivity index (χ3v) is 4.55. The monoisotopic (exact) mass is 369 g/mol. The van der Waals surface area contributed by atoms with Crippen molar-refractivity contribution in [1.29, 1.82) is 0 Å². The number of aromatic amines is 1. The van der Waals surface area contributed by atoms with Gasteiger partial charge in [-0.2, -0.15) is 0 Å². The van der Waals surface area contributed by atoms with Crippen LogP contribution in [0.2, 0.25) is 0 Å². The topological polar surface area (TPSA) is 78.0 Å². The Balaban J connectivity index is 1.82. The lowest BCUT2D eigenvalue weighted by atomic mass is 10.1. The second-order valence-corrected chi connectivity index (χ2v) is 6.50. The second kappa shape index (κ2) is 7.40. The van der Waals surface area contributed by atoms with Gasteiger partial charge in [0, 0.05) is 22.4 Å². The number of nitrogens with one attached hydrogen (secondary N) is 2. The number of hydrogen-bond donors (Lipinski definition) is 3. The minimum Gasteiger partial charge on any atom is -0.465 e. The Hall–Kier alpha value is -3.86. The van der Waals surface area contributed by atoms with Gasteiger partial charge in [-0.05, 0) is 30.7 Å². The number of aromatic nitrogens is 2. The van der Waals surface area contributed by atoms with Crippen LogP contribution in [0, 0.1) is 6.92 Å². The third kappa shape index (κ3) is 3.50. The maximum Gasteiger partial charge on any atom is 0.409 e. The van der Waals surface area contributed by atoms with Crippen LogP contribution in [0.1, 0.15) is 5.56 Å². The number of nitrogens with zero attached hydrogens (tertiary/aromatic N) is 1. The molecule has 3 aromatic carbocycles. The first-order valence-electron chi connectivity index (χ1n) is 8.93. The number of carbonyl (C=O) groups is 1. The van der Waals surface area contributed by atoms with Crippen LogP contribution in [0.3, 0.4) is 0 Å². The van der Waals surface area contributed by atoms with E-state index in [0.717, 1.165) is 39.5 Å². The van der Waals surface area contributed by atoms with Gasteiger partial charge in [0.2, 0.25) is 0 Å². The van der Waals surface area contributed by atoms with Crippen LogP contribution < -0.4 is 5.32 Å². The molecule has 0 radical (unpaired) electrons. The average Bonchev–Trinajstić information content (AvgIpc) is 3.16. The standard InChI is InChI=1S/C23H19N3O2/c1-15-14-18(12-13-19(15)24-23(27)28)22-25-20(16-8-4-2-5-9-16)21(26-22)17-10-6-3-7-11-17/h2-14,24H,1H3,(H,25,26)(H,27,28). The van der Waals surface area contributed by atoms with Gasteiger partial charge in [-0.1, -0.05) is 60.7 Å². The lowest BCUT2D eigenvalue weighted by Gasteiger charge is -2.06. The van der Waals surface area contributed by atoms with E-state index in [-0.39, 0.29) is 0 Å². The Morgan fingerprint density at radius 2 is 1.54 bits per heavy atom. The van der Waals surface area contributed by atoms with Gasteiger partial charge in [-0.15, -0.1) is 0 Å². The van der Waals surface area contributed by atoms with E-state index in [1.54, 1.807) is 6.07 Å². The van der Waals surface area contributed by atoms with Crippen LogP contribution in [0.15, 0.2) is 78.9 Å². The van der Waals surface area contributed by atoms with E-state index in [9.17, 15) is 4.79 Å². The molecule has 0 aliphatic carbocycles. The van der Waals surface area contributed by atoms with Crippen molar-refractivity contribution in [3.8, 4) is 33.9 Å². The number of carboxylic acid groups (broad SMARTS) is 1. The van der Waals surface area contributed by atoms with E-state index in [4.69, 9.17) is 10.1 Å². The third-order valence-electron chi connectivity index (χ3n) is 4.55. The summed E-state index contributed by atoms with van der Waals surface area (Å²) in [5, 5.41) is 11.3. The molecule has 5 heteroatoms. The van der Waals surface area contributed by atoms with Crippen LogP contribution >= 0.6 is 0 Å². The smallest absolute Gasteiger partial charge is 0.409 e. The summed E-state index contributed by atoms with van der Waals surface area (Å²) >= 11 is 0. The molecule has 3 N–H and O–H groups in total. The average molecular weight is 369 g/mol. The lowest BCUT2D eigenvalue weighted by Crippen LogP contribution is -2.08. The molecule has 28 heavy (non-hydrogen) atoms. The van der Waals surface area contributed by atoms with Gasteiger partial charge in [0.25, 0.3) is 0 Å². The zero-order chi connectivity index (χ0) is 19.5. The van der Waals surface area contributed by atoms with E-state index in [0.29, 0.717) is 5.69 Å². The molecular formula is C23H19N3O2. The highest BCUT2D eigenvalue weighted by molar-refractivity contribution is 5.85. The normalized spacial score (nSPS) is 10.6. The number of imidazole rings is 1. The molecule has 1 heterocycles. The number of aryl methyl sites for hydroxylation is 1. The molecule has 0 bridgehead atoms. The Labute approximate surface area is 162 Å². The van der Waals surface area contributed by atoms with Crippen molar-refractivity contribution >= 4 is 11.8 Å². The summed E-state index contributed by atoms with van der Waals surface area (Å²) < 4.78 is 0. The summed E-state index contributed by atoms with van der Waals surface area (Å²) in [5.74, 6) is 0.739. The first-order valence-corrected chi connectivity index (χ1v) is 8.93. The van der Waals surface area contributed by atoms with E-state index in [1.807, 2.05) is 67.6 Å². The number of anilines is 1. The highest BCUT2D eigenvalue weighted by Crippen LogP contribution is 2.33. The van der Waals surface area contributed by atoms with Gasteiger partial charge >= 0.3 is 6.09 Å². The maximum atomic E-state index is 10.9. The fourth-order valence-corrected chi connectivity index (χ4v) is 3.20. The number of hydrogen-bond acceptors (Lipinski definition) is 2. The molecular weight excluding hydrogens is 350 g/mol. The summed E-state index contributed by atoms with van der Waals surface area (Å²) in [7, 11) is 0. The van der Waals surface area contributed by atoms with Crippen molar-refractivity contribution in [1.82, 2.24) is 9.97 Å². The zero-order valence-electron chi connectivity index (χ0n) is 15.3. The first-order chi connectivity index (χ1) is 13.6. The molecule has 0 saturated heterocycles. The van der Waals surface area contributed by atoms with Crippen molar-refractivity contribution in [2.45, 2.75) is 6.92 Å². The Kier molecular flexibility index (Phi) is 4.64. The molecule has 0 unspecified atom stereocenters. The van der Waals surface area contributed by atoms with Crippen LogP contribution in [-0.4, -0.2) is 21.2 Å². The van der Waals surface area contributed by atoms with Gasteiger partial charge in [0.05, 0.1) is 11.4 Å². The molecule has 0 fully saturated rings. The summed E-state index contributed by atoms with van der Waals surface area (Å²) in [6.07, 6.45) is -1.08. The zero-order valence-corrected chi connectivity index (χ0v) is 15.3. The van der Waals surface area contributed by atoms with Crippen molar-refractivity contribution < 1.29 is 9.90 Å². The molecule has 0 saturated carbocycles. The van der Waals surface area contributed by atoms with Crippen LogP contribution in [0.5, 0.6) is 0 Å². The predicted molar refractivity (Wildman–Crippen MR) is 111 cm³/mol. The predicted octanol–water partition coefficient (Wildman–Crippen LogP) is 5.81. The van der Waals surface area contributed by atoms with Crippen LogP contribution in [0.25, 0.3) is 33.9 Å². The van der Waals surface area contributed by atoms with Gasteiger partial charge < -0.3 is 10.1 Å². The van der Waals surface area contributed by atoms with E-state index in [2.05, 4.69) is 22.4 Å². The van der Waals surface area contributed by atoms with Crippen LogP contribution in [-0.2, 0) is 0 Å². The number of H-pyrrole nitrogens is 1. The molecule has 1 aromatic heterocycles. The summed E-state index contributed by atoms with van der Waals surface area (Å²) in [6.45, 7) is 1.87. The van der Waals surface area contributed by atoms with Gasteiger partial charge in [0.15, 0.2) is 0 Å². The van der Waals surface area contributed by atoms with Gasteiger partial charge in [-0.3, -0.25) is 5.32 Å². The van der Waals surface area contributed by atoms with Crippen molar-refractivity contribution in [2.75, 3.05) is 5.32 Å². The Morgan fingerprint density at radius 3 is 2.14 bits per heavy atom. The largest absolute Gasteiger partial charge is 0.465 e. The summed E-state index contributed by atoms with van der Waals surface area (Å²) in [4.78, 5) is 19.2. The van der Waals surface area contributed by atoms with Crippen molar-refractivity contribution in [3.63, 3.8) is 0 Å². The van der Waals surface area contributed by atoms with E-state index < -0.39 is 6.09 Å². The number of rotatable bonds is 4. The minimum absolute atomic E-state index is 0.564. The molecule has 0 aliphatic heterocycles. The van der Waals surface area contributed by atoms with Crippen LogP contribution in [0.4, 0.5) is 10.5 Å². The SMILES string of the molecule is Cc1cc(-c2nc(-c3ccccc3)c(-c3ccccc3)[nH]2)ccc1NC(=O)O. The minimum atomic E-state index is -1.08. The highest BCUT2D eigenvalue weighted by Gasteiger charge is 2.15. The molecule has 0 atom stereocenters. The van der Waals surface area contributed by atoms with Gasteiger partial charge in [-0.25, -0.2) is 9.78 Å². The second-order valence-electron chi connectivity index (χ2n) is 6.50. The fourth-order valence-electron chi connectivity index (χ4n) is 3.20. The molecule has 4 aromatic rings. The summed E-state index contributed by atoms with van der Waals surface area (Å²) in [5.41, 5.74) is 6.21. The molecule has 4 rings (SSSR count). The van der Waals surface area contributed by atoms with Gasteiger partial charge in [0.1, 0.15) is 5.82 Å². The molecule has 138 valence electrons. The fraction of sp³-hybridized carbons (Fsp3) is 0.0435.